The summed E-state index contributed by atoms with van der Waals surface area (Å²) in [6.45, 7) is 4.01. The van der Waals surface area contributed by atoms with Crippen LogP contribution in [0.15, 0.2) is 97.1 Å². The molecule has 0 saturated carbocycles. The van der Waals surface area contributed by atoms with Gasteiger partial charge in [-0.15, -0.1) is 0 Å². The molecule has 168 valence electrons. The number of aryl methyl sites for hydroxylation is 2. The van der Waals surface area contributed by atoms with E-state index in [0.29, 0.717) is 16.0 Å². The van der Waals surface area contributed by atoms with Crippen LogP contribution in [0.3, 0.4) is 0 Å². The molecule has 0 aliphatic rings. The first kappa shape index (κ1) is 26.4. The fourth-order valence-corrected chi connectivity index (χ4v) is 3.03. The lowest BCUT2D eigenvalue weighted by atomic mass is 9.80. The molecule has 0 atom stereocenters. The van der Waals surface area contributed by atoms with Crippen molar-refractivity contribution >= 4 is 24.2 Å². The van der Waals surface area contributed by atoms with Gasteiger partial charge in [0.25, 0.3) is 0 Å². The van der Waals surface area contributed by atoms with Crippen LogP contribution in [0.25, 0.3) is 11.1 Å². The zero-order valence-corrected chi connectivity index (χ0v) is 19.7. The molecule has 0 radical (unpaired) electrons. The van der Waals surface area contributed by atoms with E-state index in [1.54, 1.807) is 36.4 Å². The second-order valence-corrected chi connectivity index (χ2v) is 7.81. The Bertz CT molecular complexity index is 1280. The first-order chi connectivity index (χ1) is 16.3. The topological polar surface area (TPSA) is 88.0 Å². The summed E-state index contributed by atoms with van der Waals surface area (Å²) >= 11 is 5.60. The van der Waals surface area contributed by atoms with Gasteiger partial charge in [0.05, 0.1) is 22.2 Å². The fraction of sp³-hybridized carbons (Fsp3) is 0.0714. The first-order valence-corrected chi connectivity index (χ1v) is 10.9. The van der Waals surface area contributed by atoms with Crippen molar-refractivity contribution in [2.75, 3.05) is 0 Å². The Morgan fingerprint density at radius 2 is 1.12 bits per heavy atom. The molecule has 34 heavy (non-hydrogen) atoms. The summed E-state index contributed by atoms with van der Waals surface area (Å²) in [6, 6.07) is 34.1. The van der Waals surface area contributed by atoms with Gasteiger partial charge < -0.3 is 10.0 Å². The third-order valence-electron chi connectivity index (χ3n) is 4.78. The van der Waals surface area contributed by atoms with Crippen LogP contribution in [0.4, 0.5) is 0 Å². The third-order valence-corrected chi connectivity index (χ3v) is 5.11. The minimum atomic E-state index is -1.35. The number of rotatable bonds is 2. The average Bonchev–Trinajstić information content (AvgIpc) is 2.86. The van der Waals surface area contributed by atoms with E-state index in [2.05, 4.69) is 25.1 Å². The van der Waals surface area contributed by atoms with Crippen molar-refractivity contribution < 1.29 is 10.0 Å². The van der Waals surface area contributed by atoms with E-state index in [9.17, 15) is 0 Å². The van der Waals surface area contributed by atoms with Gasteiger partial charge in [-0.1, -0.05) is 102 Å². The number of hydrogen-bond acceptors (Lipinski definition) is 4. The van der Waals surface area contributed by atoms with Gasteiger partial charge in [0.1, 0.15) is 6.07 Å². The molecule has 0 aliphatic heterocycles. The largest absolute Gasteiger partial charge is 0.488 e. The normalized spacial score (nSPS) is 9.26. The summed E-state index contributed by atoms with van der Waals surface area (Å²) in [4.78, 5) is 0. The highest BCUT2D eigenvalue weighted by Crippen LogP contribution is 2.23. The van der Waals surface area contributed by atoms with Gasteiger partial charge in [0.2, 0.25) is 0 Å². The molecule has 4 nitrogen and oxygen atoms in total. The predicted molar refractivity (Wildman–Crippen MR) is 139 cm³/mol. The molecule has 6 heteroatoms. The molecule has 0 amide bonds. The van der Waals surface area contributed by atoms with Gasteiger partial charge in [-0.2, -0.15) is 10.5 Å². The molecule has 0 aliphatic carbocycles. The highest BCUT2D eigenvalue weighted by Gasteiger charge is 2.08. The molecule has 0 fully saturated rings. The molecular weight excluding hydrogens is 443 g/mol. The summed E-state index contributed by atoms with van der Waals surface area (Å²) in [5.74, 6) is 0. The second kappa shape index (κ2) is 13.6. The van der Waals surface area contributed by atoms with Crippen molar-refractivity contribution in [3.8, 4) is 23.3 Å². The Morgan fingerprint density at radius 3 is 1.59 bits per heavy atom. The molecule has 4 aromatic carbocycles. The van der Waals surface area contributed by atoms with Crippen LogP contribution in [-0.4, -0.2) is 17.2 Å². The maximum absolute atomic E-state index is 8.98. The van der Waals surface area contributed by atoms with E-state index in [0.717, 1.165) is 22.3 Å². The van der Waals surface area contributed by atoms with E-state index in [-0.39, 0.29) is 0 Å². The maximum Gasteiger partial charge on any atom is 0.488 e. The molecule has 0 bridgehead atoms. The SMILES string of the molecule is Cc1ccc(-c2ccccc2C#N)cc1.Cc1ccc(B(O)O)cc1.N#Cc1ccccc1Cl. The molecule has 4 rings (SSSR count). The molecule has 0 saturated heterocycles. The summed E-state index contributed by atoms with van der Waals surface area (Å²) in [5.41, 5.74) is 6.22. The monoisotopic (exact) mass is 466 g/mol. The van der Waals surface area contributed by atoms with E-state index < -0.39 is 7.12 Å². The van der Waals surface area contributed by atoms with Crippen LogP contribution in [0.5, 0.6) is 0 Å². The third kappa shape index (κ3) is 8.24. The average molecular weight is 467 g/mol. The number of benzene rings is 4. The standard InChI is InChI=1S/C14H11N.C7H9BO2.C7H4ClN/c1-11-6-8-12(9-7-11)14-5-3-2-4-13(14)10-15;1-6-2-4-7(5-3-6)8(9)10;8-7-4-2-1-3-6(7)5-9/h2-9H,1H3;2-5,9-10H,1H3;1-4H. The van der Waals surface area contributed by atoms with Crippen molar-refractivity contribution in [1.82, 2.24) is 0 Å². The van der Waals surface area contributed by atoms with Crippen molar-refractivity contribution in [3.63, 3.8) is 0 Å². The van der Waals surface area contributed by atoms with Crippen molar-refractivity contribution in [1.29, 1.82) is 10.5 Å². The molecule has 0 spiro atoms. The Balaban J connectivity index is 0.000000189. The van der Waals surface area contributed by atoms with Gasteiger partial charge in [-0.25, -0.2) is 0 Å². The summed E-state index contributed by atoms with van der Waals surface area (Å²) in [6.07, 6.45) is 0. The lowest BCUT2D eigenvalue weighted by Crippen LogP contribution is -2.29. The molecule has 4 aromatic rings. The molecular formula is C28H24BClN2O2. The van der Waals surface area contributed by atoms with Crippen molar-refractivity contribution in [2.45, 2.75) is 13.8 Å². The van der Waals surface area contributed by atoms with Crippen LogP contribution in [0.2, 0.25) is 5.02 Å². The molecule has 2 N–H and O–H groups in total. The van der Waals surface area contributed by atoms with E-state index in [1.807, 2.05) is 61.5 Å². The van der Waals surface area contributed by atoms with E-state index in [4.69, 9.17) is 32.2 Å². The zero-order chi connectivity index (χ0) is 24.9. The molecule has 0 aromatic heterocycles. The Morgan fingerprint density at radius 1 is 0.647 bits per heavy atom. The lowest BCUT2D eigenvalue weighted by molar-refractivity contribution is 0.426. The quantitative estimate of drug-likeness (QED) is 0.386. The number of nitrogens with zero attached hydrogens (tertiary/aromatic N) is 2. The minimum absolute atomic E-state index is 0.514. The van der Waals surface area contributed by atoms with E-state index in [1.165, 1.54) is 5.56 Å². The van der Waals surface area contributed by atoms with Crippen molar-refractivity contribution in [3.05, 3.63) is 124 Å². The van der Waals surface area contributed by atoms with Gasteiger partial charge in [0.15, 0.2) is 0 Å². The maximum atomic E-state index is 8.98. The van der Waals surface area contributed by atoms with Crippen LogP contribution in [-0.2, 0) is 0 Å². The summed E-state index contributed by atoms with van der Waals surface area (Å²) in [5, 5.41) is 35.2. The highest BCUT2D eigenvalue weighted by atomic mass is 35.5. The van der Waals surface area contributed by atoms with Gasteiger partial charge in [0, 0.05) is 0 Å². The number of nitriles is 2. The fourth-order valence-electron chi connectivity index (χ4n) is 2.86. The van der Waals surface area contributed by atoms with E-state index >= 15 is 0 Å². The minimum Gasteiger partial charge on any atom is -0.423 e. The number of halogens is 1. The Labute approximate surface area is 206 Å². The first-order valence-electron chi connectivity index (χ1n) is 10.5. The van der Waals surface area contributed by atoms with Crippen LogP contribution in [0.1, 0.15) is 22.3 Å². The molecule has 0 unspecified atom stereocenters. The van der Waals surface area contributed by atoms with Gasteiger partial charge >= 0.3 is 7.12 Å². The summed E-state index contributed by atoms with van der Waals surface area (Å²) < 4.78 is 0. The second-order valence-electron chi connectivity index (χ2n) is 7.40. The van der Waals surface area contributed by atoms with Crippen LogP contribution >= 0.6 is 11.6 Å². The summed E-state index contributed by atoms with van der Waals surface area (Å²) in [7, 11) is -1.35. The smallest absolute Gasteiger partial charge is 0.423 e. The lowest BCUT2D eigenvalue weighted by Gasteiger charge is -2.03. The Hall–Kier alpha value is -3.87. The zero-order valence-electron chi connectivity index (χ0n) is 19.0. The predicted octanol–water partition coefficient (Wildman–Crippen LogP) is 5.42. The molecule has 0 heterocycles. The van der Waals surface area contributed by atoms with Gasteiger partial charge in [-0.05, 0) is 48.6 Å². The van der Waals surface area contributed by atoms with Crippen LogP contribution in [0, 0.1) is 36.5 Å². The van der Waals surface area contributed by atoms with Crippen LogP contribution < -0.4 is 5.46 Å². The van der Waals surface area contributed by atoms with Gasteiger partial charge in [-0.3, -0.25) is 0 Å². The highest BCUT2D eigenvalue weighted by molar-refractivity contribution is 6.58. The van der Waals surface area contributed by atoms with Crippen molar-refractivity contribution in [2.24, 2.45) is 0 Å². The Kier molecular flexibility index (Phi) is 10.6. The number of hydrogen-bond donors (Lipinski definition) is 2.